The van der Waals surface area contributed by atoms with E-state index in [0.717, 1.165) is 0 Å². The van der Waals surface area contributed by atoms with Crippen LogP contribution in [0.1, 0.15) is 24.2 Å². The van der Waals surface area contributed by atoms with Crippen molar-refractivity contribution in [1.82, 2.24) is 10.6 Å². The van der Waals surface area contributed by atoms with E-state index in [-0.39, 0.29) is 11.3 Å². The Balaban J connectivity index is 2.92. The van der Waals surface area contributed by atoms with Crippen molar-refractivity contribution in [1.29, 1.82) is 0 Å². The minimum atomic E-state index is -1.19. The summed E-state index contributed by atoms with van der Waals surface area (Å²) in [6, 6.07) is 2.18. The fourth-order valence-corrected chi connectivity index (χ4v) is 1.88. The highest BCUT2D eigenvalue weighted by Crippen LogP contribution is 2.35. The van der Waals surface area contributed by atoms with Gasteiger partial charge in [0, 0.05) is 18.7 Å². The number of imide groups is 1. The molecule has 0 aromatic heterocycles. The Kier molecular flexibility index (Phi) is 7.51. The van der Waals surface area contributed by atoms with Crippen molar-refractivity contribution in [2.75, 3.05) is 27.9 Å². The van der Waals surface area contributed by atoms with Gasteiger partial charge in [0.2, 0.25) is 0 Å². The van der Waals surface area contributed by atoms with E-state index >= 15 is 0 Å². The minimum absolute atomic E-state index is 0.0535. The first-order valence-electron chi connectivity index (χ1n) is 7.47. The van der Waals surface area contributed by atoms with Gasteiger partial charge in [-0.3, -0.25) is 10.1 Å². The first kappa shape index (κ1) is 20.1. The number of carbonyl (C=O) groups excluding carboxylic acids is 3. The molecule has 3 amide bonds. The van der Waals surface area contributed by atoms with E-state index in [1.807, 2.05) is 0 Å². The molecule has 1 aromatic rings. The number of benzene rings is 1. The lowest BCUT2D eigenvalue weighted by atomic mass is 10.1. The van der Waals surface area contributed by atoms with E-state index < -0.39 is 24.0 Å². The Bertz CT molecular complexity index is 646. The zero-order valence-electron chi connectivity index (χ0n) is 14.8. The Morgan fingerprint density at radius 3 is 2.08 bits per heavy atom. The van der Waals surface area contributed by atoms with Crippen LogP contribution in [0.2, 0.25) is 0 Å². The third-order valence-corrected chi connectivity index (χ3v) is 3.15. The highest BCUT2D eigenvalue weighted by atomic mass is 16.6. The summed E-state index contributed by atoms with van der Waals surface area (Å²) in [5.74, 6) is -0.693. The molecule has 0 heterocycles. The molecular formula is C16H22N2O7. The fourth-order valence-electron chi connectivity index (χ4n) is 1.88. The predicted molar refractivity (Wildman–Crippen MR) is 88.2 cm³/mol. The lowest BCUT2D eigenvalue weighted by molar-refractivity contribution is -0.127. The van der Waals surface area contributed by atoms with E-state index in [1.54, 1.807) is 6.92 Å². The summed E-state index contributed by atoms with van der Waals surface area (Å²) in [6.07, 6.45) is -1.19. The van der Waals surface area contributed by atoms with Crippen LogP contribution >= 0.6 is 0 Å². The van der Waals surface area contributed by atoms with E-state index in [0.29, 0.717) is 18.0 Å². The molecule has 0 aliphatic carbocycles. The molecule has 0 saturated heterocycles. The minimum Gasteiger partial charge on any atom is -0.496 e. The van der Waals surface area contributed by atoms with Gasteiger partial charge in [0.15, 0.2) is 17.6 Å². The SMILES string of the molecule is CCNC(=O)NC(=O)C(C)OC(=O)c1cc(OC)c(OC)cc1OC. The molecule has 25 heavy (non-hydrogen) atoms. The van der Waals surface area contributed by atoms with Crippen LogP contribution in [0.3, 0.4) is 0 Å². The van der Waals surface area contributed by atoms with E-state index in [9.17, 15) is 14.4 Å². The van der Waals surface area contributed by atoms with Gasteiger partial charge in [0.1, 0.15) is 11.3 Å². The highest BCUT2D eigenvalue weighted by Gasteiger charge is 2.24. The van der Waals surface area contributed by atoms with Crippen LogP contribution < -0.4 is 24.8 Å². The van der Waals surface area contributed by atoms with Crippen LogP contribution in [0.15, 0.2) is 12.1 Å². The Morgan fingerprint density at radius 2 is 1.56 bits per heavy atom. The Labute approximate surface area is 145 Å². The van der Waals surface area contributed by atoms with Crippen molar-refractivity contribution in [3.63, 3.8) is 0 Å². The summed E-state index contributed by atoms with van der Waals surface area (Å²) in [5.41, 5.74) is 0.0535. The summed E-state index contributed by atoms with van der Waals surface area (Å²) in [4.78, 5) is 35.5. The largest absolute Gasteiger partial charge is 0.496 e. The maximum absolute atomic E-state index is 12.3. The van der Waals surface area contributed by atoms with Crippen molar-refractivity contribution < 1.29 is 33.3 Å². The summed E-state index contributed by atoms with van der Waals surface area (Å²) in [5, 5.41) is 4.47. The molecule has 1 rings (SSSR count). The zero-order chi connectivity index (χ0) is 19.0. The van der Waals surface area contributed by atoms with Gasteiger partial charge in [-0.2, -0.15) is 0 Å². The van der Waals surface area contributed by atoms with Gasteiger partial charge in [0.25, 0.3) is 5.91 Å². The first-order valence-corrected chi connectivity index (χ1v) is 7.47. The Morgan fingerprint density at radius 1 is 1.00 bits per heavy atom. The van der Waals surface area contributed by atoms with Crippen LogP contribution in [-0.4, -0.2) is 51.9 Å². The molecule has 0 saturated carbocycles. The van der Waals surface area contributed by atoms with Crippen molar-refractivity contribution in [2.45, 2.75) is 20.0 Å². The molecule has 0 fully saturated rings. The molecule has 0 aliphatic heterocycles. The number of hydrogen-bond donors (Lipinski definition) is 2. The number of rotatable bonds is 7. The number of hydrogen-bond acceptors (Lipinski definition) is 7. The number of esters is 1. The molecule has 9 nitrogen and oxygen atoms in total. The second-order valence-corrected chi connectivity index (χ2v) is 4.80. The number of ether oxygens (including phenoxy) is 4. The van der Waals surface area contributed by atoms with Crippen LogP contribution in [-0.2, 0) is 9.53 Å². The topological polar surface area (TPSA) is 112 Å². The molecule has 9 heteroatoms. The normalized spacial score (nSPS) is 11.1. The number of carbonyl (C=O) groups is 3. The molecule has 0 bridgehead atoms. The second kappa shape index (κ2) is 9.36. The third-order valence-electron chi connectivity index (χ3n) is 3.15. The molecule has 2 N–H and O–H groups in total. The first-order chi connectivity index (χ1) is 11.9. The molecule has 0 spiro atoms. The maximum atomic E-state index is 12.3. The lowest BCUT2D eigenvalue weighted by Crippen LogP contribution is -2.44. The van der Waals surface area contributed by atoms with E-state index in [2.05, 4.69) is 10.6 Å². The van der Waals surface area contributed by atoms with Gasteiger partial charge >= 0.3 is 12.0 Å². The number of nitrogens with one attached hydrogen (secondary N) is 2. The predicted octanol–water partition coefficient (Wildman–Crippen LogP) is 1.10. The monoisotopic (exact) mass is 354 g/mol. The van der Waals surface area contributed by atoms with Gasteiger partial charge in [-0.1, -0.05) is 0 Å². The van der Waals surface area contributed by atoms with Crippen LogP contribution in [0.5, 0.6) is 17.2 Å². The van der Waals surface area contributed by atoms with E-state index in [1.165, 1.54) is 40.4 Å². The smallest absolute Gasteiger partial charge is 0.342 e. The van der Waals surface area contributed by atoms with Gasteiger partial charge in [0.05, 0.1) is 21.3 Å². The second-order valence-electron chi connectivity index (χ2n) is 4.80. The quantitative estimate of drug-likeness (QED) is 0.705. The molecule has 0 radical (unpaired) electrons. The summed E-state index contributed by atoms with van der Waals surface area (Å²) < 4.78 is 20.5. The van der Waals surface area contributed by atoms with Crippen molar-refractivity contribution in [3.05, 3.63) is 17.7 Å². The molecule has 1 atom stereocenters. The van der Waals surface area contributed by atoms with Gasteiger partial charge in [-0.05, 0) is 13.8 Å². The number of amides is 3. The fraction of sp³-hybridized carbons (Fsp3) is 0.438. The lowest BCUT2D eigenvalue weighted by Gasteiger charge is -2.16. The Hall–Kier alpha value is -2.97. The molecule has 1 aromatic carbocycles. The van der Waals surface area contributed by atoms with Gasteiger partial charge < -0.3 is 24.3 Å². The summed E-state index contributed by atoms with van der Waals surface area (Å²) in [6.45, 7) is 3.41. The number of methoxy groups -OCH3 is 3. The average Bonchev–Trinajstić information content (AvgIpc) is 2.60. The van der Waals surface area contributed by atoms with Crippen LogP contribution in [0, 0.1) is 0 Å². The summed E-state index contributed by atoms with van der Waals surface area (Å²) in [7, 11) is 4.24. The molecule has 138 valence electrons. The zero-order valence-corrected chi connectivity index (χ0v) is 14.8. The van der Waals surface area contributed by atoms with E-state index in [4.69, 9.17) is 18.9 Å². The number of urea groups is 1. The van der Waals surface area contributed by atoms with Gasteiger partial charge in [-0.15, -0.1) is 0 Å². The average molecular weight is 354 g/mol. The van der Waals surface area contributed by atoms with Crippen LogP contribution in [0.4, 0.5) is 4.79 Å². The third kappa shape index (κ3) is 5.27. The van der Waals surface area contributed by atoms with Gasteiger partial charge in [-0.25, -0.2) is 9.59 Å². The molecular weight excluding hydrogens is 332 g/mol. The van der Waals surface area contributed by atoms with Crippen molar-refractivity contribution in [2.24, 2.45) is 0 Å². The summed E-state index contributed by atoms with van der Waals surface area (Å²) >= 11 is 0. The van der Waals surface area contributed by atoms with Crippen molar-refractivity contribution >= 4 is 17.9 Å². The standard InChI is InChI=1S/C16H22N2O7/c1-6-17-16(21)18-14(19)9(2)25-15(20)10-7-12(23-4)13(24-5)8-11(10)22-3/h7-9H,6H2,1-5H3,(H2,17,18,19,21). The van der Waals surface area contributed by atoms with Crippen LogP contribution in [0.25, 0.3) is 0 Å². The molecule has 0 aliphatic rings. The molecule has 1 unspecified atom stereocenters. The maximum Gasteiger partial charge on any atom is 0.342 e. The highest BCUT2D eigenvalue weighted by molar-refractivity contribution is 5.99. The van der Waals surface area contributed by atoms with Crippen molar-refractivity contribution in [3.8, 4) is 17.2 Å².